The molecule has 0 saturated heterocycles. The summed E-state index contributed by atoms with van der Waals surface area (Å²) in [6, 6.07) is 8.45. The molecular weight excluding hydrogens is 306 g/mol. The van der Waals surface area contributed by atoms with Crippen LogP contribution in [0.2, 0.25) is 0 Å². The van der Waals surface area contributed by atoms with Gasteiger partial charge in [0, 0.05) is 11.6 Å². The minimum absolute atomic E-state index is 0.0558. The Morgan fingerprint density at radius 1 is 1.26 bits per heavy atom. The van der Waals surface area contributed by atoms with Crippen LogP contribution in [0.4, 0.5) is 0 Å². The zero-order valence-electron chi connectivity index (χ0n) is 13.7. The minimum atomic E-state index is 0.0558. The molecule has 0 radical (unpaired) electrons. The van der Waals surface area contributed by atoms with Gasteiger partial charge in [-0.2, -0.15) is 0 Å². The molecule has 23 heavy (non-hydrogen) atoms. The lowest BCUT2D eigenvalue weighted by Gasteiger charge is -2.11. The third-order valence-electron chi connectivity index (χ3n) is 4.36. The molecule has 2 aromatic rings. The lowest BCUT2D eigenvalue weighted by Crippen LogP contribution is -2.31. The van der Waals surface area contributed by atoms with Gasteiger partial charge in [0.15, 0.2) is 0 Å². The van der Waals surface area contributed by atoms with E-state index in [-0.39, 0.29) is 5.91 Å². The van der Waals surface area contributed by atoms with Crippen LogP contribution in [0.1, 0.15) is 52.0 Å². The number of benzene rings is 1. The summed E-state index contributed by atoms with van der Waals surface area (Å²) >= 11 is 1.49. The van der Waals surface area contributed by atoms with E-state index in [1.54, 1.807) is 0 Å². The van der Waals surface area contributed by atoms with Gasteiger partial charge in [-0.25, -0.2) is 0 Å². The van der Waals surface area contributed by atoms with Crippen molar-refractivity contribution in [1.82, 2.24) is 5.32 Å². The van der Waals surface area contributed by atoms with Crippen molar-refractivity contribution in [3.05, 3.63) is 51.2 Å². The first kappa shape index (κ1) is 16.1. The summed E-state index contributed by atoms with van der Waals surface area (Å²) in [5.74, 6) is 0.996. The summed E-state index contributed by atoms with van der Waals surface area (Å²) in [7, 11) is 0. The molecule has 0 bridgehead atoms. The Hall–Kier alpha value is -1.81. The first-order valence-electron chi connectivity index (χ1n) is 8.21. The normalized spacial score (nSPS) is 14.9. The molecule has 4 heteroatoms. The summed E-state index contributed by atoms with van der Waals surface area (Å²) < 4.78 is 5.96. The smallest absolute Gasteiger partial charge is 0.261 e. The SMILES string of the molecule is Cc1cccc(C)c1OCc1csc(C(=O)NC2CCCC2)c1. The van der Waals surface area contributed by atoms with E-state index in [0.717, 1.165) is 40.2 Å². The monoisotopic (exact) mass is 329 g/mol. The number of rotatable bonds is 5. The van der Waals surface area contributed by atoms with Gasteiger partial charge in [0.2, 0.25) is 0 Å². The van der Waals surface area contributed by atoms with Crippen LogP contribution >= 0.6 is 11.3 Å². The lowest BCUT2D eigenvalue weighted by molar-refractivity contribution is 0.0942. The number of aryl methyl sites for hydroxylation is 2. The van der Waals surface area contributed by atoms with E-state index in [0.29, 0.717) is 12.6 Å². The van der Waals surface area contributed by atoms with Crippen molar-refractivity contribution < 1.29 is 9.53 Å². The molecule has 122 valence electrons. The maximum atomic E-state index is 12.3. The van der Waals surface area contributed by atoms with Gasteiger partial charge in [-0.05, 0) is 49.3 Å². The van der Waals surface area contributed by atoms with E-state index in [2.05, 4.69) is 31.3 Å². The van der Waals surface area contributed by atoms with Crippen LogP contribution < -0.4 is 10.1 Å². The lowest BCUT2D eigenvalue weighted by atomic mass is 10.1. The van der Waals surface area contributed by atoms with E-state index in [4.69, 9.17) is 4.74 Å². The van der Waals surface area contributed by atoms with Gasteiger partial charge in [0.1, 0.15) is 12.4 Å². The summed E-state index contributed by atoms with van der Waals surface area (Å²) in [5, 5.41) is 5.14. The van der Waals surface area contributed by atoms with Crippen LogP contribution in [-0.4, -0.2) is 11.9 Å². The molecule has 3 nitrogen and oxygen atoms in total. The van der Waals surface area contributed by atoms with Crippen molar-refractivity contribution in [3.8, 4) is 5.75 Å². The molecule has 0 spiro atoms. The number of hydrogen-bond acceptors (Lipinski definition) is 3. The molecule has 1 N–H and O–H groups in total. The molecule has 0 atom stereocenters. The van der Waals surface area contributed by atoms with Crippen molar-refractivity contribution in [2.75, 3.05) is 0 Å². The van der Waals surface area contributed by atoms with Gasteiger partial charge in [-0.3, -0.25) is 4.79 Å². The Balaban J connectivity index is 1.59. The van der Waals surface area contributed by atoms with Gasteiger partial charge < -0.3 is 10.1 Å². The Labute approximate surface area is 141 Å². The number of ether oxygens (including phenoxy) is 1. The predicted molar refractivity (Wildman–Crippen MR) is 94.3 cm³/mol. The molecular formula is C19H23NO2S. The van der Waals surface area contributed by atoms with Crippen molar-refractivity contribution >= 4 is 17.2 Å². The molecule has 0 unspecified atom stereocenters. The molecule has 1 amide bonds. The summed E-state index contributed by atoms with van der Waals surface area (Å²) in [6.45, 7) is 4.60. The zero-order valence-corrected chi connectivity index (χ0v) is 14.5. The van der Waals surface area contributed by atoms with Crippen LogP contribution in [0.15, 0.2) is 29.6 Å². The van der Waals surface area contributed by atoms with E-state index in [1.165, 1.54) is 24.2 Å². The van der Waals surface area contributed by atoms with Gasteiger partial charge in [-0.15, -0.1) is 11.3 Å². The van der Waals surface area contributed by atoms with Crippen LogP contribution in [-0.2, 0) is 6.61 Å². The Bertz CT molecular complexity index is 666. The quantitative estimate of drug-likeness (QED) is 0.869. The summed E-state index contributed by atoms with van der Waals surface area (Å²) in [5.41, 5.74) is 3.33. The first-order valence-corrected chi connectivity index (χ1v) is 9.09. The number of nitrogens with one attached hydrogen (secondary N) is 1. The van der Waals surface area contributed by atoms with E-state index in [9.17, 15) is 4.79 Å². The number of para-hydroxylation sites is 1. The highest BCUT2D eigenvalue weighted by molar-refractivity contribution is 7.12. The third kappa shape index (κ3) is 3.94. The zero-order chi connectivity index (χ0) is 16.2. The fraction of sp³-hybridized carbons (Fsp3) is 0.421. The molecule has 1 aliphatic carbocycles. The standard InChI is InChI=1S/C19H23NO2S/c1-13-6-5-7-14(2)18(13)22-11-15-10-17(23-12-15)19(21)20-16-8-3-4-9-16/h5-7,10,12,16H,3-4,8-9,11H2,1-2H3,(H,20,21). The van der Waals surface area contributed by atoms with Crippen LogP contribution in [0.3, 0.4) is 0 Å². The first-order chi connectivity index (χ1) is 11.1. The number of thiophene rings is 1. The Morgan fingerprint density at radius 3 is 2.65 bits per heavy atom. The highest BCUT2D eigenvalue weighted by Crippen LogP contribution is 2.25. The molecule has 1 fully saturated rings. The molecule has 1 aromatic heterocycles. The molecule has 1 aliphatic rings. The van der Waals surface area contributed by atoms with E-state index in [1.807, 2.05) is 17.5 Å². The van der Waals surface area contributed by atoms with Gasteiger partial charge in [0.25, 0.3) is 5.91 Å². The minimum Gasteiger partial charge on any atom is -0.488 e. The average Bonchev–Trinajstić information content (AvgIpc) is 3.18. The average molecular weight is 329 g/mol. The van der Waals surface area contributed by atoms with Gasteiger partial charge in [-0.1, -0.05) is 31.0 Å². The topological polar surface area (TPSA) is 38.3 Å². The van der Waals surface area contributed by atoms with Gasteiger partial charge >= 0.3 is 0 Å². The van der Waals surface area contributed by atoms with Crippen LogP contribution in [0, 0.1) is 13.8 Å². The molecule has 1 saturated carbocycles. The second kappa shape index (κ2) is 7.18. The van der Waals surface area contributed by atoms with Crippen molar-refractivity contribution in [3.63, 3.8) is 0 Å². The third-order valence-corrected chi connectivity index (χ3v) is 5.34. The molecule has 3 rings (SSSR count). The number of carbonyl (C=O) groups excluding carboxylic acids is 1. The van der Waals surface area contributed by atoms with Crippen molar-refractivity contribution in [2.45, 2.75) is 52.2 Å². The molecule has 0 aliphatic heterocycles. The largest absolute Gasteiger partial charge is 0.488 e. The number of hydrogen-bond donors (Lipinski definition) is 1. The summed E-state index contributed by atoms with van der Waals surface area (Å²) in [6.07, 6.45) is 4.67. The second-order valence-corrected chi connectivity index (χ2v) is 7.19. The Morgan fingerprint density at radius 2 is 1.96 bits per heavy atom. The molecule has 1 heterocycles. The Kier molecular flexibility index (Phi) is 5.01. The number of amides is 1. The number of carbonyl (C=O) groups is 1. The predicted octanol–water partition coefficient (Wildman–Crippen LogP) is 4.62. The maximum absolute atomic E-state index is 12.3. The maximum Gasteiger partial charge on any atom is 0.261 e. The molecule has 1 aromatic carbocycles. The van der Waals surface area contributed by atoms with Crippen LogP contribution in [0.25, 0.3) is 0 Å². The van der Waals surface area contributed by atoms with Crippen LogP contribution in [0.5, 0.6) is 5.75 Å². The highest BCUT2D eigenvalue weighted by Gasteiger charge is 2.19. The van der Waals surface area contributed by atoms with E-state index >= 15 is 0 Å². The van der Waals surface area contributed by atoms with E-state index < -0.39 is 0 Å². The fourth-order valence-electron chi connectivity index (χ4n) is 3.08. The van der Waals surface area contributed by atoms with Crippen molar-refractivity contribution in [1.29, 1.82) is 0 Å². The van der Waals surface area contributed by atoms with Crippen molar-refractivity contribution in [2.24, 2.45) is 0 Å². The fourth-order valence-corrected chi connectivity index (χ4v) is 3.88. The second-order valence-electron chi connectivity index (χ2n) is 6.28. The summed E-state index contributed by atoms with van der Waals surface area (Å²) in [4.78, 5) is 13.0. The highest BCUT2D eigenvalue weighted by atomic mass is 32.1. The van der Waals surface area contributed by atoms with Gasteiger partial charge in [0.05, 0.1) is 4.88 Å².